The van der Waals surface area contributed by atoms with Gasteiger partial charge in [-0.05, 0) is 32.8 Å². The zero-order valence-corrected chi connectivity index (χ0v) is 12.2. The molecule has 0 radical (unpaired) electrons. The molecule has 0 atom stereocenters. The number of nitro groups is 1. The lowest BCUT2D eigenvalue weighted by molar-refractivity contribution is -0.384. The first-order valence-corrected chi connectivity index (χ1v) is 7.06. The lowest BCUT2D eigenvalue weighted by Crippen LogP contribution is -2.37. The number of rotatable bonds is 4. The van der Waals surface area contributed by atoms with Crippen LogP contribution in [0.2, 0.25) is 0 Å². The predicted octanol–water partition coefficient (Wildman–Crippen LogP) is 2.08. The van der Waals surface area contributed by atoms with Crippen LogP contribution in [-0.4, -0.2) is 35.6 Å². The number of aryl methyl sites for hydroxylation is 1. The van der Waals surface area contributed by atoms with Crippen LogP contribution < -0.4 is 4.90 Å². The molecular weight excluding hydrogens is 274 g/mol. The van der Waals surface area contributed by atoms with Gasteiger partial charge in [-0.3, -0.25) is 14.9 Å². The van der Waals surface area contributed by atoms with Gasteiger partial charge in [-0.25, -0.2) is 4.98 Å². The first-order chi connectivity index (χ1) is 10.0. The molecule has 1 fully saturated rings. The quantitative estimate of drug-likeness (QED) is 0.480. The van der Waals surface area contributed by atoms with Crippen LogP contribution in [0.3, 0.4) is 0 Å². The van der Waals surface area contributed by atoms with Gasteiger partial charge in [0.25, 0.3) is 0 Å². The third-order valence-electron chi connectivity index (χ3n) is 3.60. The highest BCUT2D eigenvalue weighted by molar-refractivity contribution is 5.73. The lowest BCUT2D eigenvalue weighted by atomic mass is 9.97. The third kappa shape index (κ3) is 3.48. The average Bonchev–Trinajstić information content (AvgIpc) is 2.47. The van der Waals surface area contributed by atoms with Gasteiger partial charge in [0.05, 0.1) is 17.4 Å². The molecule has 2 heterocycles. The maximum Gasteiger partial charge on any atom is 0.311 e. The largest absolute Gasteiger partial charge is 0.466 e. The van der Waals surface area contributed by atoms with E-state index in [-0.39, 0.29) is 17.6 Å². The van der Waals surface area contributed by atoms with Crippen molar-refractivity contribution >= 4 is 17.5 Å². The van der Waals surface area contributed by atoms with E-state index in [1.165, 1.54) is 6.07 Å². The van der Waals surface area contributed by atoms with Crippen LogP contribution in [-0.2, 0) is 9.53 Å². The maximum absolute atomic E-state index is 11.7. The fourth-order valence-electron chi connectivity index (χ4n) is 2.50. The summed E-state index contributed by atoms with van der Waals surface area (Å²) < 4.78 is 5.02. The summed E-state index contributed by atoms with van der Waals surface area (Å²) in [5.74, 6) is 0.0937. The predicted molar refractivity (Wildman–Crippen MR) is 77.2 cm³/mol. The summed E-state index contributed by atoms with van der Waals surface area (Å²) in [6.07, 6.45) is 1.26. The van der Waals surface area contributed by atoms with E-state index in [2.05, 4.69) is 4.98 Å². The smallest absolute Gasteiger partial charge is 0.311 e. The first kappa shape index (κ1) is 15.2. The summed E-state index contributed by atoms with van der Waals surface area (Å²) in [6.45, 7) is 5.11. The summed E-state index contributed by atoms with van der Waals surface area (Å²) in [5.41, 5.74) is 0.748. The molecule has 0 aromatic carbocycles. The van der Waals surface area contributed by atoms with Gasteiger partial charge in [0.15, 0.2) is 0 Å². The molecule has 2 rings (SSSR count). The second-order valence-electron chi connectivity index (χ2n) is 5.07. The Hall–Kier alpha value is -2.18. The topological polar surface area (TPSA) is 85.6 Å². The van der Waals surface area contributed by atoms with E-state index in [1.54, 1.807) is 19.9 Å². The monoisotopic (exact) mass is 293 g/mol. The molecule has 7 heteroatoms. The number of carbonyl (C=O) groups excluding carboxylic acids is 1. The standard InChI is InChI=1S/C14H19N3O4/c1-3-21-14(18)11-6-8-16(9-7-11)13-12(17(19)20)5-4-10(2)15-13/h4-5,11H,3,6-9H2,1-2H3. The number of hydrogen-bond acceptors (Lipinski definition) is 6. The molecule has 1 saturated heterocycles. The number of nitrogens with zero attached hydrogens (tertiary/aromatic N) is 3. The van der Waals surface area contributed by atoms with Crippen molar-refractivity contribution in [3.8, 4) is 0 Å². The van der Waals surface area contributed by atoms with E-state index >= 15 is 0 Å². The zero-order chi connectivity index (χ0) is 15.4. The Bertz CT molecular complexity index is 539. The molecule has 0 amide bonds. The molecule has 1 aromatic rings. The summed E-state index contributed by atoms with van der Waals surface area (Å²) in [5, 5.41) is 11.1. The van der Waals surface area contributed by atoms with Gasteiger partial charge < -0.3 is 9.64 Å². The average molecular weight is 293 g/mol. The fraction of sp³-hybridized carbons (Fsp3) is 0.571. The summed E-state index contributed by atoms with van der Waals surface area (Å²) in [6, 6.07) is 3.11. The number of carbonyl (C=O) groups is 1. The molecule has 0 unspecified atom stereocenters. The Balaban J connectivity index is 2.10. The van der Waals surface area contributed by atoms with E-state index in [9.17, 15) is 14.9 Å². The van der Waals surface area contributed by atoms with Crippen molar-refractivity contribution in [1.82, 2.24) is 4.98 Å². The van der Waals surface area contributed by atoms with Gasteiger partial charge in [0, 0.05) is 24.8 Å². The lowest BCUT2D eigenvalue weighted by Gasteiger charge is -2.31. The molecule has 0 bridgehead atoms. The molecule has 0 N–H and O–H groups in total. The minimum Gasteiger partial charge on any atom is -0.466 e. The maximum atomic E-state index is 11.7. The van der Waals surface area contributed by atoms with Crippen LogP contribution >= 0.6 is 0 Å². The summed E-state index contributed by atoms with van der Waals surface area (Å²) in [4.78, 5) is 28.6. The van der Waals surface area contributed by atoms with E-state index in [4.69, 9.17) is 4.74 Å². The molecule has 114 valence electrons. The van der Waals surface area contributed by atoms with Crippen LogP contribution in [0.4, 0.5) is 11.5 Å². The van der Waals surface area contributed by atoms with Crippen molar-refractivity contribution in [1.29, 1.82) is 0 Å². The van der Waals surface area contributed by atoms with E-state index in [0.29, 0.717) is 38.4 Å². The van der Waals surface area contributed by atoms with Crippen molar-refractivity contribution in [2.75, 3.05) is 24.6 Å². The van der Waals surface area contributed by atoms with Crippen molar-refractivity contribution < 1.29 is 14.5 Å². The number of aromatic nitrogens is 1. The Labute approximate surface area is 123 Å². The van der Waals surface area contributed by atoms with Crippen LogP contribution in [0.25, 0.3) is 0 Å². The Morgan fingerprint density at radius 3 is 2.71 bits per heavy atom. The number of pyridine rings is 1. The van der Waals surface area contributed by atoms with Crippen LogP contribution in [0.1, 0.15) is 25.5 Å². The van der Waals surface area contributed by atoms with Crippen LogP contribution in [0.5, 0.6) is 0 Å². The van der Waals surface area contributed by atoms with Gasteiger partial charge in [-0.15, -0.1) is 0 Å². The van der Waals surface area contributed by atoms with Gasteiger partial charge in [-0.2, -0.15) is 0 Å². The van der Waals surface area contributed by atoms with E-state index < -0.39 is 4.92 Å². The molecular formula is C14H19N3O4. The molecule has 0 spiro atoms. The Morgan fingerprint density at radius 1 is 1.48 bits per heavy atom. The number of ether oxygens (including phenoxy) is 1. The number of anilines is 1. The highest BCUT2D eigenvalue weighted by atomic mass is 16.6. The highest BCUT2D eigenvalue weighted by Gasteiger charge is 2.29. The van der Waals surface area contributed by atoms with Gasteiger partial charge in [0.1, 0.15) is 0 Å². The summed E-state index contributed by atoms with van der Waals surface area (Å²) in [7, 11) is 0. The number of esters is 1. The Morgan fingerprint density at radius 2 is 2.14 bits per heavy atom. The molecule has 0 aliphatic carbocycles. The molecule has 7 nitrogen and oxygen atoms in total. The normalized spacial score (nSPS) is 15.8. The van der Waals surface area contributed by atoms with Crippen molar-refractivity contribution in [2.24, 2.45) is 5.92 Å². The number of piperidine rings is 1. The molecule has 1 aromatic heterocycles. The summed E-state index contributed by atoms with van der Waals surface area (Å²) >= 11 is 0. The third-order valence-corrected chi connectivity index (χ3v) is 3.60. The Kier molecular flexibility index (Phi) is 4.72. The van der Waals surface area contributed by atoms with Crippen LogP contribution in [0, 0.1) is 23.0 Å². The van der Waals surface area contributed by atoms with Crippen molar-refractivity contribution in [3.05, 3.63) is 27.9 Å². The van der Waals surface area contributed by atoms with E-state index in [1.807, 2.05) is 4.90 Å². The van der Waals surface area contributed by atoms with Crippen molar-refractivity contribution in [3.63, 3.8) is 0 Å². The minimum absolute atomic E-state index is 0.00943. The minimum atomic E-state index is -0.417. The van der Waals surface area contributed by atoms with Gasteiger partial charge >= 0.3 is 11.7 Å². The number of hydrogen-bond donors (Lipinski definition) is 0. The fourth-order valence-corrected chi connectivity index (χ4v) is 2.50. The van der Waals surface area contributed by atoms with Gasteiger partial charge in [0.2, 0.25) is 5.82 Å². The first-order valence-electron chi connectivity index (χ1n) is 7.06. The SMILES string of the molecule is CCOC(=O)C1CCN(c2nc(C)ccc2[N+](=O)[O-])CC1. The molecule has 21 heavy (non-hydrogen) atoms. The van der Waals surface area contributed by atoms with Crippen molar-refractivity contribution in [2.45, 2.75) is 26.7 Å². The highest BCUT2D eigenvalue weighted by Crippen LogP contribution is 2.30. The van der Waals surface area contributed by atoms with E-state index in [0.717, 1.165) is 5.69 Å². The second kappa shape index (κ2) is 6.51. The molecule has 1 aliphatic heterocycles. The second-order valence-corrected chi connectivity index (χ2v) is 5.07. The molecule has 1 aliphatic rings. The van der Waals surface area contributed by atoms with Crippen LogP contribution in [0.15, 0.2) is 12.1 Å². The van der Waals surface area contributed by atoms with Gasteiger partial charge in [-0.1, -0.05) is 0 Å². The molecule has 0 saturated carbocycles. The zero-order valence-electron chi connectivity index (χ0n) is 12.2.